The summed E-state index contributed by atoms with van der Waals surface area (Å²) in [5.41, 5.74) is -0.0625. The van der Waals surface area contributed by atoms with Gasteiger partial charge in [0.2, 0.25) is 5.89 Å². The molecule has 1 N–H and O–H groups in total. The molecule has 0 aliphatic carbocycles. The number of rotatable bonds is 5. The highest BCUT2D eigenvalue weighted by atomic mass is 16.4. The monoisotopic (exact) mass is 319 g/mol. The molecule has 126 valence electrons. The van der Waals surface area contributed by atoms with Gasteiger partial charge in [0.05, 0.1) is 18.8 Å². The molecule has 6 nitrogen and oxygen atoms in total. The lowest BCUT2D eigenvalue weighted by atomic mass is 9.94. The molecule has 0 aromatic carbocycles. The Hall–Kier alpha value is -2.08. The highest BCUT2D eigenvalue weighted by molar-refractivity contribution is 5.91. The largest absolute Gasteiger partial charge is 0.455 e. The predicted octanol–water partition coefficient (Wildman–Crippen LogP) is 3.12. The minimum atomic E-state index is -0.227. The molecule has 0 fully saturated rings. The minimum Gasteiger partial charge on any atom is -0.455 e. The number of aromatic nitrogens is 1. The maximum absolute atomic E-state index is 11.5. The summed E-state index contributed by atoms with van der Waals surface area (Å²) < 4.78 is 11.4. The molecule has 0 bridgehead atoms. The van der Waals surface area contributed by atoms with Gasteiger partial charge in [0.1, 0.15) is 11.5 Å². The molecule has 2 rings (SSSR count). The van der Waals surface area contributed by atoms with Gasteiger partial charge in [0.25, 0.3) is 5.91 Å². The Kier molecular flexibility index (Phi) is 4.94. The second kappa shape index (κ2) is 6.58. The first-order valence-electron chi connectivity index (χ1n) is 7.69. The van der Waals surface area contributed by atoms with Crippen molar-refractivity contribution in [2.24, 2.45) is 0 Å². The normalized spacial score (nSPS) is 13.3. The lowest BCUT2D eigenvalue weighted by molar-refractivity contribution is 0.0931. The number of hydrogen-bond acceptors (Lipinski definition) is 5. The van der Waals surface area contributed by atoms with Crippen molar-refractivity contribution in [2.75, 3.05) is 14.1 Å². The number of nitrogens with one attached hydrogen (secondary N) is 1. The summed E-state index contributed by atoms with van der Waals surface area (Å²) >= 11 is 0. The molecular formula is C17H25N3O3. The Balaban J connectivity index is 2.05. The molecular weight excluding hydrogens is 294 g/mol. The van der Waals surface area contributed by atoms with Gasteiger partial charge in [0.15, 0.2) is 5.76 Å². The van der Waals surface area contributed by atoms with Gasteiger partial charge >= 0.3 is 0 Å². The Morgan fingerprint density at radius 3 is 2.61 bits per heavy atom. The molecule has 0 unspecified atom stereocenters. The first-order chi connectivity index (χ1) is 10.7. The third kappa shape index (κ3) is 4.01. The van der Waals surface area contributed by atoms with Gasteiger partial charge < -0.3 is 14.2 Å². The van der Waals surface area contributed by atoms with E-state index in [1.165, 1.54) is 0 Å². The van der Waals surface area contributed by atoms with Crippen molar-refractivity contribution in [3.63, 3.8) is 0 Å². The zero-order valence-corrected chi connectivity index (χ0v) is 14.6. The second-order valence-electron chi connectivity index (χ2n) is 6.75. The lowest BCUT2D eigenvalue weighted by Gasteiger charge is -2.21. The van der Waals surface area contributed by atoms with E-state index in [1.807, 2.05) is 20.0 Å². The smallest absolute Gasteiger partial charge is 0.286 e. The average Bonchev–Trinajstić information content (AvgIpc) is 3.14. The predicted molar refractivity (Wildman–Crippen MR) is 87.2 cm³/mol. The summed E-state index contributed by atoms with van der Waals surface area (Å²) in [4.78, 5) is 18.0. The molecule has 0 aliphatic rings. The number of amides is 1. The van der Waals surface area contributed by atoms with Crippen LogP contribution < -0.4 is 5.32 Å². The molecule has 0 spiro atoms. The summed E-state index contributed by atoms with van der Waals surface area (Å²) in [5.74, 6) is 2.35. The molecule has 2 aromatic heterocycles. The zero-order valence-electron chi connectivity index (χ0n) is 14.6. The molecule has 23 heavy (non-hydrogen) atoms. The molecule has 0 radical (unpaired) electrons. The van der Waals surface area contributed by atoms with E-state index in [4.69, 9.17) is 8.83 Å². The number of furan rings is 1. The van der Waals surface area contributed by atoms with Crippen molar-refractivity contribution in [3.05, 3.63) is 41.5 Å². The molecule has 2 heterocycles. The van der Waals surface area contributed by atoms with Crippen molar-refractivity contribution in [1.29, 1.82) is 0 Å². The number of hydrogen-bond donors (Lipinski definition) is 1. The summed E-state index contributed by atoms with van der Waals surface area (Å²) in [6.45, 7) is 8.87. The Labute approximate surface area is 136 Å². The summed E-state index contributed by atoms with van der Waals surface area (Å²) in [6, 6.07) is 3.49. The maximum Gasteiger partial charge on any atom is 0.286 e. The van der Waals surface area contributed by atoms with E-state index >= 15 is 0 Å². The molecule has 1 amide bonds. The van der Waals surface area contributed by atoms with Crippen molar-refractivity contribution < 1.29 is 13.6 Å². The highest BCUT2D eigenvalue weighted by Gasteiger charge is 2.23. The van der Waals surface area contributed by atoms with Gasteiger partial charge in [0, 0.05) is 12.5 Å². The number of carbonyl (C=O) groups is 1. The molecule has 0 saturated heterocycles. The van der Waals surface area contributed by atoms with Crippen LogP contribution >= 0.6 is 0 Å². The summed E-state index contributed by atoms with van der Waals surface area (Å²) in [6.07, 6.45) is 1.79. The number of nitrogens with zero attached hydrogens (tertiary/aromatic N) is 2. The van der Waals surface area contributed by atoms with Gasteiger partial charge in [-0.15, -0.1) is 0 Å². The fourth-order valence-corrected chi connectivity index (χ4v) is 2.11. The summed E-state index contributed by atoms with van der Waals surface area (Å²) in [7, 11) is 3.54. The van der Waals surface area contributed by atoms with Crippen LogP contribution in [-0.4, -0.2) is 29.9 Å². The van der Waals surface area contributed by atoms with Crippen LogP contribution in [0.3, 0.4) is 0 Å². The number of oxazole rings is 1. The van der Waals surface area contributed by atoms with Gasteiger partial charge in [-0.3, -0.25) is 9.69 Å². The van der Waals surface area contributed by atoms with Gasteiger partial charge in [-0.25, -0.2) is 4.98 Å². The van der Waals surface area contributed by atoms with Crippen LogP contribution in [0.25, 0.3) is 0 Å². The molecule has 1 atom stereocenters. The maximum atomic E-state index is 11.5. The second-order valence-corrected chi connectivity index (χ2v) is 6.75. The first kappa shape index (κ1) is 17.3. The standard InChI is InChI=1S/C17H25N3O3/c1-11(16-19-9-14(23-16)17(2,3)4)20(6)10-12-7-8-13(22-12)15(21)18-5/h7-9,11H,10H2,1-6H3,(H,18,21)/t11-/m1/s1. The fraction of sp³-hybridized carbons (Fsp3) is 0.529. The van der Waals surface area contributed by atoms with Crippen LogP contribution in [0.15, 0.2) is 27.2 Å². The SMILES string of the molecule is CNC(=O)c1ccc(CN(C)[C@H](C)c2ncc(C(C)(C)C)o2)o1. The van der Waals surface area contributed by atoms with Crippen LogP contribution in [0.5, 0.6) is 0 Å². The van der Waals surface area contributed by atoms with E-state index in [-0.39, 0.29) is 17.4 Å². The van der Waals surface area contributed by atoms with Gasteiger partial charge in [-0.1, -0.05) is 20.8 Å². The third-order valence-electron chi connectivity index (χ3n) is 3.80. The van der Waals surface area contributed by atoms with Crippen molar-refractivity contribution >= 4 is 5.91 Å². The molecule has 6 heteroatoms. The van der Waals surface area contributed by atoms with Crippen molar-refractivity contribution in [3.8, 4) is 0 Å². The summed E-state index contributed by atoms with van der Waals surface area (Å²) in [5, 5.41) is 2.54. The van der Waals surface area contributed by atoms with Gasteiger partial charge in [-0.05, 0) is 26.1 Å². The third-order valence-corrected chi connectivity index (χ3v) is 3.80. The van der Waals surface area contributed by atoms with E-state index < -0.39 is 0 Å². The Bertz CT molecular complexity index is 667. The zero-order chi connectivity index (χ0) is 17.2. The Morgan fingerprint density at radius 2 is 2.04 bits per heavy atom. The molecule has 2 aromatic rings. The quantitative estimate of drug-likeness (QED) is 0.917. The van der Waals surface area contributed by atoms with Crippen LogP contribution in [-0.2, 0) is 12.0 Å². The van der Waals surface area contributed by atoms with Crippen LogP contribution in [0.2, 0.25) is 0 Å². The van der Waals surface area contributed by atoms with E-state index in [2.05, 4.69) is 36.0 Å². The van der Waals surface area contributed by atoms with Crippen molar-refractivity contribution in [2.45, 2.75) is 45.7 Å². The van der Waals surface area contributed by atoms with E-state index in [9.17, 15) is 4.79 Å². The lowest BCUT2D eigenvalue weighted by Crippen LogP contribution is -2.22. The van der Waals surface area contributed by atoms with Crippen LogP contribution in [0.4, 0.5) is 0 Å². The van der Waals surface area contributed by atoms with Crippen LogP contribution in [0.1, 0.15) is 61.7 Å². The van der Waals surface area contributed by atoms with E-state index in [1.54, 1.807) is 19.3 Å². The minimum absolute atomic E-state index is 0.000323. The van der Waals surface area contributed by atoms with E-state index in [0.717, 1.165) is 11.5 Å². The molecule has 0 aliphatic heterocycles. The van der Waals surface area contributed by atoms with E-state index in [0.29, 0.717) is 18.2 Å². The molecule has 0 saturated carbocycles. The fourth-order valence-electron chi connectivity index (χ4n) is 2.11. The average molecular weight is 319 g/mol. The Morgan fingerprint density at radius 1 is 1.35 bits per heavy atom. The van der Waals surface area contributed by atoms with Gasteiger partial charge in [-0.2, -0.15) is 0 Å². The highest BCUT2D eigenvalue weighted by Crippen LogP contribution is 2.27. The first-order valence-corrected chi connectivity index (χ1v) is 7.69. The van der Waals surface area contributed by atoms with Crippen molar-refractivity contribution in [1.82, 2.24) is 15.2 Å². The van der Waals surface area contributed by atoms with Crippen LogP contribution in [0, 0.1) is 0 Å². The number of carbonyl (C=O) groups excluding carboxylic acids is 1. The topological polar surface area (TPSA) is 71.5 Å².